The molecule has 0 aliphatic heterocycles. The van der Waals surface area contributed by atoms with Crippen LogP contribution in [0.25, 0.3) is 6.08 Å². The second-order valence-electron chi connectivity index (χ2n) is 5.87. The molecule has 0 bridgehead atoms. The fourth-order valence-corrected chi connectivity index (χ4v) is 2.45. The van der Waals surface area contributed by atoms with Crippen LogP contribution >= 0.6 is 0 Å². The lowest BCUT2D eigenvalue weighted by Crippen LogP contribution is -2.41. The number of aliphatic hydroxyl groups is 2. The first-order chi connectivity index (χ1) is 13.2. The van der Waals surface area contributed by atoms with Gasteiger partial charge in [-0.2, -0.15) is 0 Å². The average molecular weight is 390 g/mol. The summed E-state index contributed by atoms with van der Waals surface area (Å²) < 4.78 is 0. The zero-order chi connectivity index (χ0) is 20.8. The summed E-state index contributed by atoms with van der Waals surface area (Å²) in [6.07, 6.45) is 0.883. The van der Waals surface area contributed by atoms with Gasteiger partial charge < -0.3 is 20.5 Å². The number of nitro groups is 1. The normalized spacial score (nSPS) is 13.2. The minimum atomic E-state index is -1.32. The van der Waals surface area contributed by atoms with Crippen molar-refractivity contribution in [1.82, 2.24) is 15.3 Å². The fraction of sp³-hybridized carbons (Fsp3) is 0.235. The molecule has 11 nitrogen and oxygen atoms in total. The maximum atomic E-state index is 12.1. The zero-order valence-electron chi connectivity index (χ0n) is 14.7. The molecule has 0 spiro atoms. The highest BCUT2D eigenvalue weighted by Gasteiger charge is 2.22. The Morgan fingerprint density at radius 2 is 1.93 bits per heavy atom. The number of aryl methyl sites for hydroxylation is 1. The second-order valence-corrected chi connectivity index (χ2v) is 5.87. The third-order valence-electron chi connectivity index (χ3n) is 3.93. The van der Waals surface area contributed by atoms with Crippen LogP contribution in [-0.2, 0) is 4.79 Å². The Kier molecular flexibility index (Phi) is 6.58. The first kappa shape index (κ1) is 20.7. The number of aromatic nitrogens is 2. The van der Waals surface area contributed by atoms with Crippen molar-refractivity contribution in [2.45, 2.75) is 19.1 Å². The molecule has 1 aromatic heterocycles. The molecule has 0 fully saturated rings. The van der Waals surface area contributed by atoms with E-state index >= 15 is 0 Å². The van der Waals surface area contributed by atoms with Crippen molar-refractivity contribution in [2.75, 3.05) is 6.61 Å². The van der Waals surface area contributed by atoms with E-state index in [-0.39, 0.29) is 22.5 Å². The molecule has 1 amide bonds. The van der Waals surface area contributed by atoms with Crippen molar-refractivity contribution >= 4 is 17.7 Å². The van der Waals surface area contributed by atoms with Crippen molar-refractivity contribution in [3.63, 3.8) is 0 Å². The number of rotatable bonds is 7. The van der Waals surface area contributed by atoms with E-state index in [9.17, 15) is 34.7 Å². The molecule has 1 heterocycles. The molecule has 11 heteroatoms. The minimum absolute atomic E-state index is 0.0752. The zero-order valence-corrected chi connectivity index (χ0v) is 14.7. The predicted octanol–water partition coefficient (Wildman–Crippen LogP) is -0.496. The number of aromatic amines is 2. The van der Waals surface area contributed by atoms with E-state index in [1.165, 1.54) is 37.3 Å². The van der Waals surface area contributed by atoms with Crippen LogP contribution in [0.3, 0.4) is 0 Å². The fourth-order valence-electron chi connectivity index (χ4n) is 2.45. The summed E-state index contributed by atoms with van der Waals surface area (Å²) in [7, 11) is 0. The number of non-ortho nitro benzene ring substituents is 1. The summed E-state index contributed by atoms with van der Waals surface area (Å²) in [6.45, 7) is 0.888. The van der Waals surface area contributed by atoms with Gasteiger partial charge >= 0.3 is 5.69 Å². The molecule has 148 valence electrons. The first-order valence-corrected chi connectivity index (χ1v) is 8.08. The van der Waals surface area contributed by atoms with Gasteiger partial charge in [0.1, 0.15) is 6.10 Å². The molecule has 28 heavy (non-hydrogen) atoms. The highest BCUT2D eigenvalue weighted by atomic mass is 16.6. The number of aliphatic hydroxyl groups excluding tert-OH is 2. The summed E-state index contributed by atoms with van der Waals surface area (Å²) in [5.41, 5.74) is -0.897. The maximum absolute atomic E-state index is 12.1. The van der Waals surface area contributed by atoms with E-state index in [1.54, 1.807) is 0 Å². The maximum Gasteiger partial charge on any atom is 0.325 e. The Morgan fingerprint density at radius 3 is 2.46 bits per heavy atom. The van der Waals surface area contributed by atoms with Crippen molar-refractivity contribution < 1.29 is 19.9 Å². The number of hydrogen-bond acceptors (Lipinski definition) is 7. The number of nitrogens with one attached hydrogen (secondary N) is 3. The van der Waals surface area contributed by atoms with Crippen LogP contribution < -0.4 is 16.6 Å². The summed E-state index contributed by atoms with van der Waals surface area (Å²) in [6, 6.07) is 3.93. The molecule has 0 aliphatic rings. The van der Waals surface area contributed by atoms with Crippen LogP contribution in [0.4, 0.5) is 5.69 Å². The Morgan fingerprint density at radius 1 is 1.29 bits per heavy atom. The van der Waals surface area contributed by atoms with Gasteiger partial charge in [0.15, 0.2) is 0 Å². The Hall–Kier alpha value is -3.57. The van der Waals surface area contributed by atoms with E-state index in [0.29, 0.717) is 0 Å². The lowest BCUT2D eigenvalue weighted by atomic mass is 10.0. The molecule has 0 unspecified atom stereocenters. The third kappa shape index (κ3) is 4.99. The smallest absolute Gasteiger partial charge is 0.325 e. The minimum Gasteiger partial charge on any atom is -0.394 e. The first-order valence-electron chi connectivity index (χ1n) is 8.08. The van der Waals surface area contributed by atoms with E-state index in [0.717, 1.165) is 6.08 Å². The monoisotopic (exact) mass is 390 g/mol. The molecule has 0 radical (unpaired) electrons. The molecule has 2 atom stereocenters. The average Bonchev–Trinajstić information content (AvgIpc) is 2.64. The van der Waals surface area contributed by atoms with Gasteiger partial charge in [0.2, 0.25) is 5.91 Å². The number of amides is 1. The number of carbonyl (C=O) groups excluding carboxylic acids is 1. The highest BCUT2D eigenvalue weighted by molar-refractivity contribution is 5.92. The summed E-state index contributed by atoms with van der Waals surface area (Å²) in [4.78, 5) is 49.4. The highest BCUT2D eigenvalue weighted by Crippen LogP contribution is 2.20. The SMILES string of the molecule is Cc1[nH]c(=O)[nH]c(=O)c1/C=C/C(=O)N[C@H](CO)[C@H](O)c1ccc([N+](=O)[O-])cc1. The third-order valence-corrected chi connectivity index (χ3v) is 3.93. The number of nitro benzene ring substituents is 1. The van der Waals surface area contributed by atoms with Crippen LogP contribution in [0.1, 0.15) is 22.9 Å². The molecular weight excluding hydrogens is 372 g/mol. The van der Waals surface area contributed by atoms with Gasteiger partial charge in [-0.3, -0.25) is 24.7 Å². The molecular formula is C17H18N4O7. The van der Waals surface area contributed by atoms with Crippen LogP contribution in [0.5, 0.6) is 0 Å². The molecule has 0 saturated heterocycles. The van der Waals surface area contributed by atoms with Gasteiger partial charge in [-0.15, -0.1) is 0 Å². The van der Waals surface area contributed by atoms with Crippen LogP contribution in [0.2, 0.25) is 0 Å². The topological polar surface area (TPSA) is 178 Å². The van der Waals surface area contributed by atoms with E-state index in [1.807, 2.05) is 4.98 Å². The van der Waals surface area contributed by atoms with Crippen molar-refractivity contribution in [1.29, 1.82) is 0 Å². The van der Waals surface area contributed by atoms with Crippen LogP contribution in [0.15, 0.2) is 39.9 Å². The van der Waals surface area contributed by atoms with Gasteiger partial charge in [0.05, 0.1) is 23.1 Å². The molecule has 1 aromatic carbocycles. The molecule has 0 saturated carbocycles. The van der Waals surface area contributed by atoms with E-state index in [4.69, 9.17) is 0 Å². The standard InChI is InChI=1S/C17H18N4O7/c1-9-12(16(25)20-17(26)18-9)6-7-14(23)19-13(8-22)15(24)10-2-4-11(5-3-10)21(27)28/h2-7,13,15,22,24H,8H2,1H3,(H,19,23)(H2,18,20,25,26)/b7-6+/t13-,15-/m1/s1. The van der Waals surface area contributed by atoms with Crippen LogP contribution in [0, 0.1) is 17.0 Å². The quantitative estimate of drug-likeness (QED) is 0.240. The Labute approximate surface area is 157 Å². The van der Waals surface area contributed by atoms with Gasteiger partial charge in [-0.25, -0.2) is 4.79 Å². The number of H-pyrrole nitrogens is 2. The lowest BCUT2D eigenvalue weighted by molar-refractivity contribution is -0.384. The second kappa shape index (κ2) is 8.88. The Balaban J connectivity index is 2.11. The van der Waals surface area contributed by atoms with E-state index in [2.05, 4.69) is 10.3 Å². The molecule has 0 aliphatic carbocycles. The molecule has 2 aromatic rings. The Bertz CT molecular complexity index is 1010. The van der Waals surface area contributed by atoms with Crippen molar-refractivity contribution in [3.8, 4) is 0 Å². The van der Waals surface area contributed by atoms with Crippen molar-refractivity contribution in [2.24, 2.45) is 0 Å². The van der Waals surface area contributed by atoms with Crippen molar-refractivity contribution in [3.05, 3.63) is 78.1 Å². The summed E-state index contributed by atoms with van der Waals surface area (Å²) in [5, 5.41) is 32.8. The van der Waals surface area contributed by atoms with Gasteiger partial charge in [-0.05, 0) is 30.7 Å². The van der Waals surface area contributed by atoms with Gasteiger partial charge in [0, 0.05) is 23.9 Å². The van der Waals surface area contributed by atoms with Crippen LogP contribution in [-0.4, -0.2) is 43.7 Å². The summed E-state index contributed by atoms with van der Waals surface area (Å²) >= 11 is 0. The van der Waals surface area contributed by atoms with E-state index < -0.39 is 40.8 Å². The largest absolute Gasteiger partial charge is 0.394 e. The number of benzene rings is 1. The number of hydrogen-bond donors (Lipinski definition) is 5. The number of carbonyl (C=O) groups is 1. The molecule has 5 N–H and O–H groups in total. The predicted molar refractivity (Wildman–Crippen MR) is 98.5 cm³/mol. The molecule has 2 rings (SSSR count). The summed E-state index contributed by atoms with van der Waals surface area (Å²) in [5.74, 6) is -0.704. The van der Waals surface area contributed by atoms with Gasteiger partial charge in [0.25, 0.3) is 11.2 Å². The van der Waals surface area contributed by atoms with Gasteiger partial charge in [-0.1, -0.05) is 0 Å². The lowest BCUT2D eigenvalue weighted by Gasteiger charge is -2.21. The number of nitrogens with zero attached hydrogens (tertiary/aromatic N) is 1.